The van der Waals surface area contributed by atoms with E-state index < -0.39 is 0 Å². The van der Waals surface area contributed by atoms with Crippen LogP contribution in [0.25, 0.3) is 0 Å². The van der Waals surface area contributed by atoms with Crippen molar-refractivity contribution in [3.63, 3.8) is 0 Å². The number of carbonyl (C=O) groups excluding carboxylic acids is 1. The number of rotatable bonds is 9. The van der Waals surface area contributed by atoms with Crippen LogP contribution < -0.4 is 0 Å². The second-order valence-electron chi connectivity index (χ2n) is 12.6. The number of aromatic nitrogens is 1. The lowest BCUT2D eigenvalue weighted by Gasteiger charge is -2.52. The van der Waals surface area contributed by atoms with Crippen LogP contribution in [0, 0.1) is 5.92 Å². The summed E-state index contributed by atoms with van der Waals surface area (Å²) in [5.74, 6) is 0.573. The third-order valence-corrected chi connectivity index (χ3v) is 10.1. The Morgan fingerprint density at radius 1 is 1.00 bits per heavy atom. The van der Waals surface area contributed by atoms with Gasteiger partial charge in [0, 0.05) is 87.3 Å². The molecule has 5 rings (SSSR count). The van der Waals surface area contributed by atoms with Gasteiger partial charge in [-0.2, -0.15) is 0 Å². The van der Waals surface area contributed by atoms with E-state index >= 15 is 0 Å². The molecule has 7 heteroatoms. The lowest BCUT2D eigenvalue weighted by molar-refractivity contribution is -0.139. The fourth-order valence-electron chi connectivity index (χ4n) is 7.42. The maximum absolute atomic E-state index is 14.1. The van der Waals surface area contributed by atoms with Crippen molar-refractivity contribution in [3.05, 3.63) is 64.9 Å². The summed E-state index contributed by atoms with van der Waals surface area (Å²) in [4.78, 5) is 28.3. The highest BCUT2D eigenvalue weighted by atomic mass is 35.5. The molecule has 1 aliphatic carbocycles. The van der Waals surface area contributed by atoms with Crippen LogP contribution in [0.5, 0.6) is 0 Å². The minimum absolute atomic E-state index is 0.00899. The van der Waals surface area contributed by atoms with Crippen molar-refractivity contribution in [3.8, 4) is 0 Å². The van der Waals surface area contributed by atoms with E-state index in [0.717, 1.165) is 63.9 Å². The Balaban J connectivity index is 1.26. The molecule has 3 aliphatic rings. The second-order valence-corrected chi connectivity index (χ2v) is 13.0. The molecule has 2 atom stereocenters. The number of piperazine rings is 1. The van der Waals surface area contributed by atoms with E-state index in [0.29, 0.717) is 11.9 Å². The molecule has 0 unspecified atom stereocenters. The molecule has 0 spiro atoms. The van der Waals surface area contributed by atoms with E-state index in [9.17, 15) is 4.79 Å². The smallest absolute Gasteiger partial charge is 0.227 e. The Kier molecular flexibility index (Phi) is 9.83. The normalized spacial score (nSPS) is 24.2. The van der Waals surface area contributed by atoms with Crippen LogP contribution >= 0.6 is 11.6 Å². The van der Waals surface area contributed by atoms with Crippen LogP contribution in [-0.2, 0) is 11.3 Å². The molecule has 6 nitrogen and oxygen atoms in total. The van der Waals surface area contributed by atoms with E-state index in [1.54, 1.807) is 0 Å². The number of hydrogen-bond donors (Lipinski definition) is 0. The molecule has 218 valence electrons. The Bertz CT molecular complexity index is 1080. The summed E-state index contributed by atoms with van der Waals surface area (Å²) in [6.07, 6.45) is 10.3. The number of pyridine rings is 1. The van der Waals surface area contributed by atoms with E-state index in [1.807, 2.05) is 24.5 Å². The molecule has 1 aromatic heterocycles. The predicted molar refractivity (Wildman–Crippen MR) is 164 cm³/mol. The number of carbonyl (C=O) groups is 1. The average Bonchev–Trinajstić information content (AvgIpc) is 3.44. The fourth-order valence-corrected chi connectivity index (χ4v) is 7.54. The number of halogens is 1. The van der Waals surface area contributed by atoms with Gasteiger partial charge in [-0.05, 0) is 68.6 Å². The molecular formula is C33H48ClN5O. The van der Waals surface area contributed by atoms with Crippen molar-refractivity contribution < 1.29 is 4.79 Å². The minimum Gasteiger partial charge on any atom is -0.340 e. The van der Waals surface area contributed by atoms with Gasteiger partial charge in [-0.15, -0.1) is 0 Å². The van der Waals surface area contributed by atoms with Crippen LogP contribution in [0.1, 0.15) is 69.9 Å². The summed E-state index contributed by atoms with van der Waals surface area (Å²) in [5, 5.41) is 0.750. The molecule has 2 aromatic rings. The zero-order valence-electron chi connectivity index (χ0n) is 24.8. The highest BCUT2D eigenvalue weighted by Gasteiger charge is 2.44. The Morgan fingerprint density at radius 2 is 1.68 bits per heavy atom. The first kappa shape index (κ1) is 29.5. The molecule has 3 fully saturated rings. The molecule has 0 radical (unpaired) electrons. The van der Waals surface area contributed by atoms with Crippen molar-refractivity contribution in [1.29, 1.82) is 0 Å². The van der Waals surface area contributed by atoms with Crippen LogP contribution in [0.15, 0.2) is 48.8 Å². The highest BCUT2D eigenvalue weighted by Crippen LogP contribution is 2.38. The highest BCUT2D eigenvalue weighted by molar-refractivity contribution is 6.30. The van der Waals surface area contributed by atoms with E-state index in [1.165, 1.54) is 43.2 Å². The number of amides is 1. The van der Waals surface area contributed by atoms with E-state index in [-0.39, 0.29) is 17.4 Å². The molecule has 0 bridgehead atoms. The van der Waals surface area contributed by atoms with Crippen molar-refractivity contribution in [2.45, 2.75) is 76.9 Å². The summed E-state index contributed by atoms with van der Waals surface area (Å²) in [6, 6.07) is 12.9. The van der Waals surface area contributed by atoms with Crippen LogP contribution in [0.2, 0.25) is 5.02 Å². The molecule has 40 heavy (non-hydrogen) atoms. The van der Waals surface area contributed by atoms with Crippen molar-refractivity contribution >= 4 is 17.5 Å². The third kappa shape index (κ3) is 6.73. The Morgan fingerprint density at radius 3 is 2.30 bits per heavy atom. The number of likely N-dealkylation sites (N-methyl/N-ethyl adjacent to an activating group) is 1. The predicted octanol–water partition coefficient (Wildman–Crippen LogP) is 5.53. The van der Waals surface area contributed by atoms with Gasteiger partial charge in [0.15, 0.2) is 0 Å². The maximum Gasteiger partial charge on any atom is 0.227 e. The van der Waals surface area contributed by atoms with Gasteiger partial charge in [0.2, 0.25) is 5.91 Å². The molecule has 2 saturated heterocycles. The van der Waals surface area contributed by atoms with Gasteiger partial charge in [-0.25, -0.2) is 0 Å². The van der Waals surface area contributed by atoms with Gasteiger partial charge >= 0.3 is 0 Å². The molecular weight excluding hydrogens is 518 g/mol. The van der Waals surface area contributed by atoms with Gasteiger partial charge in [0.1, 0.15) is 0 Å². The van der Waals surface area contributed by atoms with E-state index in [2.05, 4.69) is 69.6 Å². The molecule has 1 amide bonds. The monoisotopic (exact) mass is 565 g/mol. The molecule has 1 saturated carbocycles. The Labute approximate surface area is 246 Å². The van der Waals surface area contributed by atoms with Gasteiger partial charge in [-0.1, -0.05) is 49.9 Å². The molecule has 1 aromatic carbocycles. The van der Waals surface area contributed by atoms with Gasteiger partial charge in [0.05, 0.1) is 5.92 Å². The summed E-state index contributed by atoms with van der Waals surface area (Å²) in [6.45, 7) is 15.3. The topological polar surface area (TPSA) is 42.9 Å². The number of likely N-dealkylation sites (tertiary alicyclic amines) is 1. The van der Waals surface area contributed by atoms with E-state index in [4.69, 9.17) is 11.6 Å². The molecule has 2 aliphatic heterocycles. The third-order valence-electron chi connectivity index (χ3n) is 9.86. The minimum atomic E-state index is 0.00899. The van der Waals surface area contributed by atoms with Crippen LogP contribution in [-0.4, -0.2) is 94.4 Å². The summed E-state index contributed by atoms with van der Waals surface area (Å²) in [5.41, 5.74) is 2.78. The van der Waals surface area contributed by atoms with Gasteiger partial charge in [0.25, 0.3) is 0 Å². The van der Waals surface area contributed by atoms with Gasteiger partial charge in [-0.3, -0.25) is 24.5 Å². The van der Waals surface area contributed by atoms with Crippen molar-refractivity contribution in [1.82, 2.24) is 24.6 Å². The summed E-state index contributed by atoms with van der Waals surface area (Å²) < 4.78 is 0. The average molecular weight is 566 g/mol. The maximum atomic E-state index is 14.1. The van der Waals surface area contributed by atoms with Crippen LogP contribution in [0.3, 0.4) is 0 Å². The number of nitrogens with zero attached hydrogens (tertiary/aromatic N) is 5. The first-order chi connectivity index (χ1) is 19.4. The summed E-state index contributed by atoms with van der Waals surface area (Å²) >= 11 is 6.19. The second kappa shape index (κ2) is 13.3. The van der Waals surface area contributed by atoms with Crippen molar-refractivity contribution in [2.75, 3.05) is 52.4 Å². The van der Waals surface area contributed by atoms with Gasteiger partial charge < -0.3 is 4.90 Å². The fraction of sp³-hybridized carbons (Fsp3) is 0.636. The standard InChI is InChI=1S/C33H48ClN5O/c1-4-36(22-27-12-16-35-17-13-27)25-33(14-6-5-7-15-33)39-20-18-37(19-21-39)32(40)31-24-38(26(2)3)23-30(31)28-8-10-29(34)11-9-28/h8-13,16-17,26,30-31H,4-7,14-15,18-25H2,1-3H3/t30-,31+/m1/s1. The number of benzene rings is 1. The molecule has 0 N–H and O–H groups in total. The zero-order chi connectivity index (χ0) is 28.1. The largest absolute Gasteiger partial charge is 0.340 e. The SMILES string of the molecule is CCN(Cc1ccncc1)CC1(N2CCN(C(=O)[C@H]3CN(C(C)C)C[C@@H]3c3ccc(Cl)cc3)CC2)CCCCC1. The quantitative estimate of drug-likeness (QED) is 0.400. The van der Waals surface area contributed by atoms with Crippen molar-refractivity contribution in [2.24, 2.45) is 5.92 Å². The molecule has 3 heterocycles. The first-order valence-electron chi connectivity index (χ1n) is 15.5. The summed E-state index contributed by atoms with van der Waals surface area (Å²) in [7, 11) is 0. The number of hydrogen-bond acceptors (Lipinski definition) is 5. The zero-order valence-corrected chi connectivity index (χ0v) is 25.5. The lowest BCUT2D eigenvalue weighted by Crippen LogP contribution is -2.62. The van der Waals surface area contributed by atoms with Crippen LogP contribution in [0.4, 0.5) is 0 Å². The first-order valence-corrected chi connectivity index (χ1v) is 15.9. The lowest BCUT2D eigenvalue weighted by atomic mass is 9.79. The Hall–Kier alpha value is -1.99.